The normalized spacial score (nSPS) is 12.4. The summed E-state index contributed by atoms with van der Waals surface area (Å²) in [6.45, 7) is 4.60. The van der Waals surface area contributed by atoms with Gasteiger partial charge in [0.2, 0.25) is 10.0 Å². The molecule has 0 aliphatic carbocycles. The summed E-state index contributed by atoms with van der Waals surface area (Å²) in [5, 5.41) is 8.93. The number of nitrogens with zero attached hydrogens (tertiary/aromatic N) is 2. The molecule has 13 heteroatoms. The Balaban J connectivity index is 1.71. The van der Waals surface area contributed by atoms with Crippen LogP contribution in [0.1, 0.15) is 33.4 Å². The lowest BCUT2D eigenvalue weighted by Gasteiger charge is -2.25. The molecule has 0 bridgehead atoms. The van der Waals surface area contributed by atoms with Crippen LogP contribution in [0.4, 0.5) is 13.2 Å². The first-order valence-electron chi connectivity index (χ1n) is 13.2. The minimum Gasteiger partial charge on any atom is -0.480 e. The van der Waals surface area contributed by atoms with Gasteiger partial charge in [-0.1, -0.05) is 54.1 Å². The maximum absolute atomic E-state index is 14.1. The predicted octanol–water partition coefficient (Wildman–Crippen LogP) is 5.94. The molecular weight excluding hydrogens is 617 g/mol. The molecule has 0 aliphatic rings. The second kappa shape index (κ2) is 12.5. The molecule has 0 amide bonds. The minimum absolute atomic E-state index is 0.0572. The Morgan fingerprint density at radius 3 is 2.02 bits per heavy atom. The van der Waals surface area contributed by atoms with E-state index in [0.29, 0.717) is 34.0 Å². The highest BCUT2D eigenvalue weighted by Gasteiger charge is 2.33. The van der Waals surface area contributed by atoms with Gasteiger partial charge in [0.05, 0.1) is 15.4 Å². The van der Waals surface area contributed by atoms with E-state index in [1.807, 2.05) is 6.92 Å². The first-order chi connectivity index (χ1) is 20.5. The number of pyridine rings is 1. The fraction of sp³-hybridized carbons (Fsp3) is 0.226. The van der Waals surface area contributed by atoms with Gasteiger partial charge in [-0.15, -0.1) is 0 Å². The summed E-state index contributed by atoms with van der Waals surface area (Å²) in [5.74, 6) is -2.53. The second-order valence-electron chi connectivity index (χ2n) is 10.5. The number of hydrogen-bond acceptors (Lipinski definition) is 6. The molecule has 0 spiro atoms. The Labute approximate surface area is 253 Å². The van der Waals surface area contributed by atoms with Crippen LogP contribution >= 0.6 is 0 Å². The lowest BCUT2D eigenvalue weighted by Crippen LogP contribution is -2.31. The molecule has 4 aromatic rings. The molecule has 0 fully saturated rings. The number of carbonyl (C=O) groups is 1. The average Bonchev–Trinajstić information content (AvgIpc) is 2.91. The maximum Gasteiger partial charge on any atom is 0.417 e. The third-order valence-electron chi connectivity index (χ3n) is 6.84. The van der Waals surface area contributed by atoms with E-state index in [0.717, 1.165) is 15.9 Å². The number of rotatable bonds is 10. The Hall–Kier alpha value is -4.07. The number of aromatic nitrogens is 1. The van der Waals surface area contributed by atoms with Crippen molar-refractivity contribution in [1.29, 1.82) is 0 Å². The van der Waals surface area contributed by atoms with E-state index in [9.17, 15) is 34.8 Å². The Morgan fingerprint density at radius 2 is 1.43 bits per heavy atom. The van der Waals surface area contributed by atoms with Gasteiger partial charge in [0.15, 0.2) is 15.6 Å². The summed E-state index contributed by atoms with van der Waals surface area (Å²) >= 11 is 0. The Kier molecular flexibility index (Phi) is 9.33. The lowest BCUT2D eigenvalue weighted by atomic mass is 10.0. The van der Waals surface area contributed by atoms with Crippen LogP contribution in [0.15, 0.2) is 88.9 Å². The van der Waals surface area contributed by atoms with Crippen LogP contribution in [0.5, 0.6) is 0 Å². The number of benzene rings is 3. The fourth-order valence-corrected chi connectivity index (χ4v) is 7.89. The first-order valence-corrected chi connectivity index (χ1v) is 16.3. The van der Waals surface area contributed by atoms with Gasteiger partial charge in [-0.3, -0.25) is 9.78 Å². The van der Waals surface area contributed by atoms with Gasteiger partial charge in [-0.05, 0) is 72.4 Å². The van der Waals surface area contributed by atoms with Crippen molar-refractivity contribution in [2.24, 2.45) is 0 Å². The van der Waals surface area contributed by atoms with Gasteiger partial charge in [-0.2, -0.15) is 17.5 Å². The molecule has 0 radical (unpaired) electrons. The number of carboxylic acid groups (broad SMARTS) is 1. The number of hydrogen-bond donors (Lipinski definition) is 1. The van der Waals surface area contributed by atoms with Gasteiger partial charge in [0, 0.05) is 25.5 Å². The summed E-state index contributed by atoms with van der Waals surface area (Å²) in [4.78, 5) is 14.6. The van der Waals surface area contributed by atoms with Crippen LogP contribution in [-0.4, -0.2) is 43.0 Å². The fourth-order valence-electron chi connectivity index (χ4n) is 4.98. The SMILES string of the molecule is Cc1cc(C)c(S(=O)(=O)N(Cc2ccc(-c3cccc(S(=O)(=O)CC(=O)O)c3)cc2)Cc2cncc(C(F)(F)F)c2)c(C)c1. The summed E-state index contributed by atoms with van der Waals surface area (Å²) in [6, 6.07) is 16.7. The van der Waals surface area contributed by atoms with E-state index < -0.39 is 43.3 Å². The standard InChI is InChI=1S/C31H29F3N2O6S2/c1-20-11-21(2)30(22(3)12-20)44(41,42)36(18-24-13-27(16-35-15-24)31(32,33)34)17-23-7-9-25(10-8-23)26-5-4-6-28(14-26)43(39,40)19-29(37)38/h4-16H,17-19H2,1-3H3,(H,37,38). The Morgan fingerprint density at radius 1 is 0.818 bits per heavy atom. The van der Waals surface area contributed by atoms with Crippen molar-refractivity contribution in [3.05, 3.63) is 113 Å². The molecule has 1 heterocycles. The van der Waals surface area contributed by atoms with Gasteiger partial charge in [-0.25, -0.2) is 16.8 Å². The molecule has 1 aromatic heterocycles. The van der Waals surface area contributed by atoms with E-state index >= 15 is 0 Å². The first kappa shape index (κ1) is 32.8. The lowest BCUT2D eigenvalue weighted by molar-refractivity contribution is -0.138. The number of aliphatic carboxylic acids is 1. The number of halogens is 3. The van der Waals surface area contributed by atoms with Crippen molar-refractivity contribution in [3.8, 4) is 11.1 Å². The quantitative estimate of drug-likeness (QED) is 0.226. The number of carboxylic acids is 1. The van der Waals surface area contributed by atoms with E-state index in [1.165, 1.54) is 24.4 Å². The zero-order valence-corrected chi connectivity index (χ0v) is 25.6. The maximum atomic E-state index is 14.1. The number of sulfonamides is 1. The molecule has 232 valence electrons. The molecule has 0 atom stereocenters. The molecule has 8 nitrogen and oxygen atoms in total. The summed E-state index contributed by atoms with van der Waals surface area (Å²) < 4.78 is 94.2. The summed E-state index contributed by atoms with van der Waals surface area (Å²) in [5.41, 5.74) is 2.54. The third-order valence-corrected chi connectivity index (χ3v) is 10.5. The van der Waals surface area contributed by atoms with Gasteiger partial charge < -0.3 is 5.11 Å². The molecule has 0 unspecified atom stereocenters. The molecule has 0 saturated carbocycles. The van der Waals surface area contributed by atoms with E-state index in [-0.39, 0.29) is 28.4 Å². The minimum atomic E-state index is -4.66. The number of aryl methyl sites for hydroxylation is 3. The van der Waals surface area contributed by atoms with Gasteiger partial charge in [0.1, 0.15) is 0 Å². The van der Waals surface area contributed by atoms with Gasteiger partial charge in [0.25, 0.3) is 0 Å². The molecule has 0 aliphatic heterocycles. The topological polar surface area (TPSA) is 122 Å². The predicted molar refractivity (Wildman–Crippen MR) is 158 cm³/mol. The van der Waals surface area contributed by atoms with Crippen molar-refractivity contribution < 1.29 is 39.9 Å². The zero-order chi connectivity index (χ0) is 32.4. The second-order valence-corrected chi connectivity index (χ2v) is 14.3. The van der Waals surface area contributed by atoms with E-state index in [4.69, 9.17) is 5.11 Å². The summed E-state index contributed by atoms with van der Waals surface area (Å²) in [6.07, 6.45) is -2.78. The highest BCUT2D eigenvalue weighted by molar-refractivity contribution is 7.92. The molecule has 44 heavy (non-hydrogen) atoms. The molecule has 1 N–H and O–H groups in total. The molecule has 4 rings (SSSR count). The average molecular weight is 647 g/mol. The van der Waals surface area contributed by atoms with Crippen LogP contribution in [0, 0.1) is 20.8 Å². The highest BCUT2D eigenvalue weighted by Crippen LogP contribution is 2.32. The van der Waals surface area contributed by atoms with E-state index in [1.54, 1.807) is 56.3 Å². The number of sulfone groups is 1. The van der Waals surface area contributed by atoms with Crippen LogP contribution in [0.2, 0.25) is 0 Å². The number of alkyl halides is 3. The monoisotopic (exact) mass is 646 g/mol. The molecule has 0 saturated heterocycles. The van der Waals surface area contributed by atoms with Crippen molar-refractivity contribution in [2.45, 2.75) is 49.8 Å². The van der Waals surface area contributed by atoms with E-state index in [2.05, 4.69) is 4.98 Å². The van der Waals surface area contributed by atoms with Crippen molar-refractivity contribution in [2.75, 3.05) is 5.75 Å². The van der Waals surface area contributed by atoms with Crippen LogP contribution < -0.4 is 0 Å². The largest absolute Gasteiger partial charge is 0.480 e. The molecular formula is C31H29F3N2O6S2. The van der Waals surface area contributed by atoms with Crippen molar-refractivity contribution in [1.82, 2.24) is 9.29 Å². The summed E-state index contributed by atoms with van der Waals surface area (Å²) in [7, 11) is -8.27. The van der Waals surface area contributed by atoms with Crippen LogP contribution in [0.3, 0.4) is 0 Å². The zero-order valence-electron chi connectivity index (χ0n) is 24.0. The van der Waals surface area contributed by atoms with Crippen LogP contribution in [-0.2, 0) is 43.9 Å². The smallest absolute Gasteiger partial charge is 0.417 e. The van der Waals surface area contributed by atoms with Gasteiger partial charge >= 0.3 is 12.1 Å². The Bertz CT molecular complexity index is 1900. The van der Waals surface area contributed by atoms with Crippen molar-refractivity contribution >= 4 is 25.8 Å². The third kappa shape index (κ3) is 7.52. The highest BCUT2D eigenvalue weighted by atomic mass is 32.2. The van der Waals surface area contributed by atoms with Crippen LogP contribution in [0.25, 0.3) is 11.1 Å². The molecule has 3 aromatic carbocycles. The van der Waals surface area contributed by atoms with Crippen molar-refractivity contribution in [3.63, 3.8) is 0 Å².